The van der Waals surface area contributed by atoms with Gasteiger partial charge >= 0.3 is 0 Å². The lowest BCUT2D eigenvalue weighted by molar-refractivity contribution is 1.23. The Kier molecular flexibility index (Phi) is 4.11. The second-order valence-electron chi connectivity index (χ2n) is 2.38. The maximum absolute atomic E-state index is 5.88. The third-order valence-corrected chi connectivity index (χ3v) is 2.98. The van der Waals surface area contributed by atoms with Gasteiger partial charge in [0.25, 0.3) is 0 Å². The van der Waals surface area contributed by atoms with Crippen LogP contribution in [0.2, 0.25) is 10.4 Å². The number of aryl methyl sites for hydroxylation is 1. The molecule has 0 amide bonds. The van der Waals surface area contributed by atoms with Crippen LogP contribution in [0.3, 0.4) is 0 Å². The van der Waals surface area contributed by atoms with Crippen molar-refractivity contribution in [2.75, 3.05) is 0 Å². The fourth-order valence-corrected chi connectivity index (χ4v) is 2.57. The van der Waals surface area contributed by atoms with Crippen LogP contribution < -0.4 is 0 Å². The largest absolute Gasteiger partial charge is 0.225 e. The Labute approximate surface area is 96.9 Å². The molecule has 0 fully saturated rings. The summed E-state index contributed by atoms with van der Waals surface area (Å²) in [6.07, 6.45) is 0. The molecule has 0 bridgehead atoms. The summed E-state index contributed by atoms with van der Waals surface area (Å²) in [7, 11) is 0. The first-order chi connectivity index (χ1) is 6.68. The minimum atomic E-state index is 0.203. The molecule has 0 aliphatic carbocycles. The van der Waals surface area contributed by atoms with Gasteiger partial charge < -0.3 is 0 Å². The maximum atomic E-state index is 5.88. The quantitative estimate of drug-likeness (QED) is 0.513. The molecule has 0 saturated carbocycles. The van der Waals surface area contributed by atoms with Crippen molar-refractivity contribution in [2.24, 2.45) is 0 Å². The Bertz CT molecular complexity index is 440. The standard InChI is InChI=1S/C7H4Cl2N2S.C2H6/c1-3-2-12-6-4(3)5(8)10-7(9)11-6;1-2/h2H,1H3;1-2H3. The molecule has 2 nitrogen and oxygen atoms in total. The molecule has 0 aromatic carbocycles. The van der Waals surface area contributed by atoms with Gasteiger partial charge in [0, 0.05) is 0 Å². The molecule has 0 unspecified atom stereocenters. The Balaban J connectivity index is 0.000000461. The lowest BCUT2D eigenvalue weighted by atomic mass is 10.3. The van der Waals surface area contributed by atoms with E-state index in [1.807, 2.05) is 26.2 Å². The van der Waals surface area contributed by atoms with Crippen molar-refractivity contribution in [2.45, 2.75) is 20.8 Å². The van der Waals surface area contributed by atoms with Crippen molar-refractivity contribution in [3.8, 4) is 0 Å². The molecule has 0 radical (unpaired) electrons. The summed E-state index contributed by atoms with van der Waals surface area (Å²) in [4.78, 5) is 8.75. The molecule has 0 atom stereocenters. The van der Waals surface area contributed by atoms with Crippen LogP contribution in [0, 0.1) is 6.92 Å². The third kappa shape index (κ3) is 2.16. The molecule has 14 heavy (non-hydrogen) atoms. The highest BCUT2D eigenvalue weighted by atomic mass is 35.5. The predicted molar refractivity (Wildman–Crippen MR) is 63.5 cm³/mol. The van der Waals surface area contributed by atoms with Crippen LogP contribution in [-0.2, 0) is 0 Å². The smallest absolute Gasteiger partial charge is 0.207 e. The Hall–Kier alpha value is -0.380. The Morgan fingerprint density at radius 1 is 1.21 bits per heavy atom. The fraction of sp³-hybridized carbons (Fsp3) is 0.333. The highest BCUT2D eigenvalue weighted by Crippen LogP contribution is 2.29. The number of aromatic nitrogens is 2. The number of halogens is 2. The number of hydrogen-bond acceptors (Lipinski definition) is 3. The number of rotatable bonds is 0. The SMILES string of the molecule is CC.Cc1csc2nc(Cl)nc(Cl)c12. The van der Waals surface area contributed by atoms with Crippen molar-refractivity contribution >= 4 is 44.8 Å². The molecule has 0 N–H and O–H groups in total. The van der Waals surface area contributed by atoms with Gasteiger partial charge in [-0.25, -0.2) is 9.97 Å². The van der Waals surface area contributed by atoms with E-state index in [1.165, 1.54) is 11.3 Å². The van der Waals surface area contributed by atoms with Crippen molar-refractivity contribution in [1.82, 2.24) is 9.97 Å². The van der Waals surface area contributed by atoms with Crippen LogP contribution in [-0.4, -0.2) is 9.97 Å². The van der Waals surface area contributed by atoms with E-state index >= 15 is 0 Å². The molecule has 0 spiro atoms. The number of hydrogen-bond donors (Lipinski definition) is 0. The van der Waals surface area contributed by atoms with Gasteiger partial charge in [0.05, 0.1) is 5.39 Å². The molecule has 2 rings (SSSR count). The van der Waals surface area contributed by atoms with Crippen LogP contribution in [0.4, 0.5) is 0 Å². The minimum absolute atomic E-state index is 0.203. The summed E-state index contributed by atoms with van der Waals surface area (Å²) in [6, 6.07) is 0. The molecule has 0 aliphatic heterocycles. The van der Waals surface area contributed by atoms with E-state index in [0.717, 1.165) is 15.8 Å². The molecule has 5 heteroatoms. The van der Waals surface area contributed by atoms with E-state index in [0.29, 0.717) is 5.15 Å². The molecule has 0 aliphatic rings. The van der Waals surface area contributed by atoms with E-state index in [4.69, 9.17) is 23.2 Å². The third-order valence-electron chi connectivity index (χ3n) is 1.55. The van der Waals surface area contributed by atoms with Crippen LogP contribution >= 0.6 is 34.5 Å². The van der Waals surface area contributed by atoms with E-state index in [2.05, 4.69) is 9.97 Å². The summed E-state index contributed by atoms with van der Waals surface area (Å²) in [5, 5.41) is 3.53. The zero-order valence-electron chi connectivity index (χ0n) is 8.14. The van der Waals surface area contributed by atoms with E-state index < -0.39 is 0 Å². The van der Waals surface area contributed by atoms with Crippen LogP contribution in [0.15, 0.2) is 5.38 Å². The number of nitrogens with zero attached hydrogens (tertiary/aromatic N) is 2. The normalized spacial score (nSPS) is 9.79. The first kappa shape index (κ1) is 11.7. The first-order valence-electron chi connectivity index (χ1n) is 4.25. The van der Waals surface area contributed by atoms with Gasteiger partial charge in [0.15, 0.2) is 0 Å². The molecule has 2 aromatic rings. The summed E-state index contributed by atoms with van der Waals surface area (Å²) >= 11 is 13.0. The lowest BCUT2D eigenvalue weighted by Crippen LogP contribution is -1.83. The van der Waals surface area contributed by atoms with Crippen LogP contribution in [0.25, 0.3) is 10.2 Å². The predicted octanol–water partition coefficient (Wildman–Crippen LogP) is 4.33. The molecule has 76 valence electrons. The van der Waals surface area contributed by atoms with Crippen molar-refractivity contribution in [3.05, 3.63) is 21.4 Å². The maximum Gasteiger partial charge on any atom is 0.225 e. The molecule has 2 heterocycles. The van der Waals surface area contributed by atoms with Gasteiger partial charge in [0.2, 0.25) is 5.28 Å². The van der Waals surface area contributed by atoms with Gasteiger partial charge in [0.1, 0.15) is 9.98 Å². The van der Waals surface area contributed by atoms with E-state index in [-0.39, 0.29) is 5.28 Å². The highest BCUT2D eigenvalue weighted by Gasteiger charge is 2.08. The lowest BCUT2D eigenvalue weighted by Gasteiger charge is -1.94. The molecular weight excluding hydrogens is 239 g/mol. The van der Waals surface area contributed by atoms with Crippen LogP contribution in [0.5, 0.6) is 0 Å². The van der Waals surface area contributed by atoms with E-state index in [1.54, 1.807) is 0 Å². The number of fused-ring (bicyclic) bond motifs is 1. The highest BCUT2D eigenvalue weighted by molar-refractivity contribution is 7.17. The van der Waals surface area contributed by atoms with Gasteiger partial charge in [-0.3, -0.25) is 0 Å². The molecule has 0 saturated heterocycles. The summed E-state index contributed by atoms with van der Waals surface area (Å²) in [5.74, 6) is 0. The zero-order valence-corrected chi connectivity index (χ0v) is 10.5. The summed E-state index contributed by atoms with van der Waals surface area (Å²) in [5.41, 5.74) is 1.09. The van der Waals surface area contributed by atoms with Crippen molar-refractivity contribution in [1.29, 1.82) is 0 Å². The second-order valence-corrected chi connectivity index (χ2v) is 3.94. The monoisotopic (exact) mass is 248 g/mol. The summed E-state index contributed by atoms with van der Waals surface area (Å²) in [6.45, 7) is 5.97. The van der Waals surface area contributed by atoms with E-state index in [9.17, 15) is 0 Å². The Morgan fingerprint density at radius 3 is 2.50 bits per heavy atom. The first-order valence-corrected chi connectivity index (χ1v) is 5.89. The topological polar surface area (TPSA) is 25.8 Å². The zero-order chi connectivity index (χ0) is 10.7. The van der Waals surface area contributed by atoms with Gasteiger partial charge in [-0.2, -0.15) is 0 Å². The van der Waals surface area contributed by atoms with Gasteiger partial charge in [-0.15, -0.1) is 11.3 Å². The minimum Gasteiger partial charge on any atom is -0.207 e. The molecule has 2 aromatic heterocycles. The van der Waals surface area contributed by atoms with Gasteiger partial charge in [-0.1, -0.05) is 25.4 Å². The molecular formula is C9H10Cl2N2S. The number of thiophene rings is 1. The van der Waals surface area contributed by atoms with Crippen molar-refractivity contribution in [3.63, 3.8) is 0 Å². The fourth-order valence-electron chi connectivity index (χ4n) is 1.01. The second kappa shape index (κ2) is 4.91. The summed E-state index contributed by atoms with van der Waals surface area (Å²) < 4.78 is 0. The van der Waals surface area contributed by atoms with Crippen molar-refractivity contribution < 1.29 is 0 Å². The van der Waals surface area contributed by atoms with Crippen LogP contribution in [0.1, 0.15) is 19.4 Å². The average Bonchev–Trinajstić information content (AvgIpc) is 2.51. The Morgan fingerprint density at radius 2 is 1.86 bits per heavy atom. The average molecular weight is 249 g/mol. The van der Waals surface area contributed by atoms with Gasteiger partial charge in [-0.05, 0) is 29.5 Å².